The van der Waals surface area contributed by atoms with Gasteiger partial charge in [-0.25, -0.2) is 9.97 Å². The summed E-state index contributed by atoms with van der Waals surface area (Å²) >= 11 is 5.49. The van der Waals surface area contributed by atoms with E-state index < -0.39 is 17.2 Å². The van der Waals surface area contributed by atoms with Crippen LogP contribution in [-0.4, -0.2) is 9.97 Å². The molecule has 0 atom stereocenters. The molecule has 0 amide bonds. The van der Waals surface area contributed by atoms with E-state index in [-0.39, 0.29) is 5.69 Å². The van der Waals surface area contributed by atoms with Gasteiger partial charge >= 0.3 is 6.18 Å². The number of aromatic nitrogens is 2. The van der Waals surface area contributed by atoms with Gasteiger partial charge in [-0.2, -0.15) is 18.4 Å². The third-order valence-electron chi connectivity index (χ3n) is 2.28. The Morgan fingerprint density at radius 2 is 1.89 bits per heavy atom. The molecule has 0 fully saturated rings. The molecule has 0 unspecified atom stereocenters. The number of rotatable bonds is 1. The number of alkyl halides is 3. The lowest BCUT2D eigenvalue weighted by molar-refractivity contribution is -0.141. The van der Waals surface area contributed by atoms with E-state index in [1.54, 1.807) is 12.1 Å². The van der Waals surface area contributed by atoms with Crippen molar-refractivity contribution in [3.05, 3.63) is 46.9 Å². The molecule has 19 heavy (non-hydrogen) atoms. The highest BCUT2D eigenvalue weighted by Crippen LogP contribution is 2.31. The van der Waals surface area contributed by atoms with Gasteiger partial charge in [-0.3, -0.25) is 0 Å². The van der Waals surface area contributed by atoms with Crippen molar-refractivity contribution in [2.45, 2.75) is 6.18 Å². The zero-order chi connectivity index (χ0) is 14.0. The Morgan fingerprint density at radius 1 is 1.16 bits per heavy atom. The summed E-state index contributed by atoms with van der Waals surface area (Å²) in [5, 5.41) is 8.27. The molecular weight excluding hydrogens is 279 g/mol. The second-order valence-corrected chi connectivity index (χ2v) is 3.94. The van der Waals surface area contributed by atoms with Crippen molar-refractivity contribution < 1.29 is 13.2 Å². The van der Waals surface area contributed by atoms with Crippen molar-refractivity contribution in [2.24, 2.45) is 0 Å². The van der Waals surface area contributed by atoms with Crippen molar-refractivity contribution in [1.82, 2.24) is 9.97 Å². The summed E-state index contributed by atoms with van der Waals surface area (Å²) in [6, 6.07) is 8.75. The van der Waals surface area contributed by atoms with Gasteiger partial charge in [0.2, 0.25) is 5.28 Å². The molecule has 2 aromatic rings. The lowest BCUT2D eigenvalue weighted by Crippen LogP contribution is -2.09. The summed E-state index contributed by atoms with van der Waals surface area (Å²) in [5.41, 5.74) is -0.413. The highest BCUT2D eigenvalue weighted by atomic mass is 35.5. The second kappa shape index (κ2) is 4.86. The van der Waals surface area contributed by atoms with Gasteiger partial charge < -0.3 is 0 Å². The lowest BCUT2D eigenvalue weighted by atomic mass is 10.1. The number of nitriles is 1. The fraction of sp³-hybridized carbons (Fsp3) is 0.0833. The van der Waals surface area contributed by atoms with E-state index in [1.807, 2.05) is 6.07 Å². The molecule has 7 heteroatoms. The first-order chi connectivity index (χ1) is 8.90. The van der Waals surface area contributed by atoms with Crippen molar-refractivity contribution >= 4 is 11.6 Å². The Morgan fingerprint density at radius 3 is 2.53 bits per heavy atom. The van der Waals surface area contributed by atoms with Crippen LogP contribution in [0, 0.1) is 11.3 Å². The molecule has 0 N–H and O–H groups in total. The van der Waals surface area contributed by atoms with Crippen LogP contribution in [0.25, 0.3) is 11.3 Å². The van der Waals surface area contributed by atoms with Crippen molar-refractivity contribution in [1.29, 1.82) is 5.26 Å². The Bertz CT molecular complexity index is 662. The van der Waals surface area contributed by atoms with Gasteiger partial charge in [0.25, 0.3) is 0 Å². The molecule has 0 saturated heterocycles. The molecule has 0 aliphatic carbocycles. The first kappa shape index (κ1) is 13.3. The highest BCUT2D eigenvalue weighted by Gasteiger charge is 2.33. The molecule has 0 aliphatic heterocycles. The van der Waals surface area contributed by atoms with Crippen LogP contribution in [-0.2, 0) is 6.18 Å². The average molecular weight is 284 g/mol. The lowest BCUT2D eigenvalue weighted by Gasteiger charge is -2.08. The van der Waals surface area contributed by atoms with Crippen LogP contribution in [0.4, 0.5) is 13.2 Å². The van der Waals surface area contributed by atoms with Gasteiger partial charge in [-0.05, 0) is 29.8 Å². The third kappa shape index (κ3) is 3.01. The topological polar surface area (TPSA) is 49.6 Å². The Labute approximate surface area is 111 Å². The molecule has 0 radical (unpaired) electrons. The summed E-state index contributed by atoms with van der Waals surface area (Å²) in [6.45, 7) is 0. The van der Waals surface area contributed by atoms with E-state index in [2.05, 4.69) is 9.97 Å². The van der Waals surface area contributed by atoms with E-state index in [9.17, 15) is 13.2 Å². The summed E-state index contributed by atoms with van der Waals surface area (Å²) in [5.74, 6) is 0. The SMILES string of the molecule is N#Cc1cccc(-c2cc(C(F)(F)F)nc(Cl)n2)c1. The third-order valence-corrected chi connectivity index (χ3v) is 2.45. The van der Waals surface area contributed by atoms with E-state index in [4.69, 9.17) is 16.9 Å². The van der Waals surface area contributed by atoms with Gasteiger partial charge in [-0.1, -0.05) is 12.1 Å². The van der Waals surface area contributed by atoms with Gasteiger partial charge in [0.05, 0.1) is 17.3 Å². The quantitative estimate of drug-likeness (QED) is 0.750. The monoisotopic (exact) mass is 283 g/mol. The zero-order valence-electron chi connectivity index (χ0n) is 9.24. The Balaban J connectivity index is 2.57. The zero-order valence-corrected chi connectivity index (χ0v) is 10.00. The van der Waals surface area contributed by atoms with Crippen LogP contribution >= 0.6 is 11.6 Å². The van der Waals surface area contributed by atoms with Crippen molar-refractivity contribution in [2.75, 3.05) is 0 Å². The van der Waals surface area contributed by atoms with Crippen LogP contribution in [0.5, 0.6) is 0 Å². The Kier molecular flexibility index (Phi) is 3.40. The largest absolute Gasteiger partial charge is 0.433 e. The van der Waals surface area contributed by atoms with Crippen molar-refractivity contribution in [3.8, 4) is 17.3 Å². The molecule has 0 bridgehead atoms. The second-order valence-electron chi connectivity index (χ2n) is 3.60. The number of hydrogen-bond donors (Lipinski definition) is 0. The molecule has 1 aromatic carbocycles. The molecule has 1 aromatic heterocycles. The van der Waals surface area contributed by atoms with Crippen LogP contribution in [0.2, 0.25) is 5.28 Å². The fourth-order valence-corrected chi connectivity index (χ4v) is 1.64. The van der Waals surface area contributed by atoms with Crippen LogP contribution < -0.4 is 0 Å². The maximum absolute atomic E-state index is 12.6. The molecule has 0 spiro atoms. The number of hydrogen-bond acceptors (Lipinski definition) is 3. The van der Waals surface area contributed by atoms with Gasteiger partial charge in [0, 0.05) is 5.56 Å². The molecule has 0 saturated carbocycles. The standard InChI is InChI=1S/C12H5ClF3N3/c13-11-18-9(5-10(19-11)12(14,15)16)8-3-1-2-7(4-8)6-17/h1-5H. The summed E-state index contributed by atoms with van der Waals surface area (Å²) in [4.78, 5) is 6.88. The highest BCUT2D eigenvalue weighted by molar-refractivity contribution is 6.28. The van der Waals surface area contributed by atoms with E-state index in [0.717, 1.165) is 6.07 Å². The minimum atomic E-state index is -4.60. The van der Waals surface area contributed by atoms with Gasteiger partial charge in [0.15, 0.2) is 0 Å². The molecule has 2 rings (SSSR count). The normalized spacial score (nSPS) is 11.1. The smallest absolute Gasteiger partial charge is 0.218 e. The molecule has 1 heterocycles. The predicted octanol–water partition coefficient (Wildman–Crippen LogP) is 3.69. The maximum Gasteiger partial charge on any atom is 0.433 e. The first-order valence-corrected chi connectivity index (χ1v) is 5.40. The number of nitrogens with zero attached hydrogens (tertiary/aromatic N) is 3. The van der Waals surface area contributed by atoms with Gasteiger partial charge in [-0.15, -0.1) is 0 Å². The Hall–Kier alpha value is -2.13. The molecule has 0 aliphatic rings. The minimum Gasteiger partial charge on any atom is -0.218 e. The summed E-state index contributed by atoms with van der Waals surface area (Å²) < 4.78 is 37.8. The van der Waals surface area contributed by atoms with Crippen molar-refractivity contribution in [3.63, 3.8) is 0 Å². The van der Waals surface area contributed by atoms with Crippen LogP contribution in [0.15, 0.2) is 30.3 Å². The van der Waals surface area contributed by atoms with Crippen LogP contribution in [0.1, 0.15) is 11.3 Å². The minimum absolute atomic E-state index is 0.0180. The van der Waals surface area contributed by atoms with E-state index in [1.165, 1.54) is 12.1 Å². The predicted molar refractivity (Wildman–Crippen MR) is 62.2 cm³/mol. The summed E-state index contributed by atoms with van der Waals surface area (Å²) in [7, 11) is 0. The summed E-state index contributed by atoms with van der Waals surface area (Å²) in [6.07, 6.45) is -4.60. The number of benzene rings is 1. The molecule has 96 valence electrons. The average Bonchev–Trinajstić information content (AvgIpc) is 2.37. The number of halogens is 4. The first-order valence-electron chi connectivity index (χ1n) is 5.02. The fourth-order valence-electron chi connectivity index (χ4n) is 1.46. The van der Waals surface area contributed by atoms with E-state index in [0.29, 0.717) is 11.1 Å². The molecule has 3 nitrogen and oxygen atoms in total. The molecular formula is C12H5ClF3N3. The van der Waals surface area contributed by atoms with Gasteiger partial charge in [0.1, 0.15) is 5.69 Å². The van der Waals surface area contributed by atoms with E-state index >= 15 is 0 Å². The van der Waals surface area contributed by atoms with Crippen LogP contribution in [0.3, 0.4) is 0 Å². The maximum atomic E-state index is 12.6.